The highest BCUT2D eigenvalue weighted by Crippen LogP contribution is 2.31. The van der Waals surface area contributed by atoms with Crippen LogP contribution in [0.25, 0.3) is 0 Å². The molecule has 2 aromatic rings. The molecule has 0 unspecified atom stereocenters. The molecular weight excluding hydrogens is 407 g/mol. The maximum absolute atomic E-state index is 13.1. The van der Waals surface area contributed by atoms with Gasteiger partial charge in [-0.1, -0.05) is 36.4 Å². The highest BCUT2D eigenvalue weighted by molar-refractivity contribution is 5.89. The van der Waals surface area contributed by atoms with Crippen LogP contribution in [-0.4, -0.2) is 29.9 Å². The van der Waals surface area contributed by atoms with Gasteiger partial charge in [-0.25, -0.2) is 4.79 Å². The molecular formula is C23H26F3N3O2. The Balaban J connectivity index is 1.44. The van der Waals surface area contributed by atoms with Gasteiger partial charge < -0.3 is 15.5 Å². The number of hydrogen-bond donors (Lipinski definition) is 2. The van der Waals surface area contributed by atoms with Gasteiger partial charge in [-0.2, -0.15) is 13.2 Å². The minimum Gasteiger partial charge on any atom is -0.352 e. The lowest BCUT2D eigenvalue weighted by Gasteiger charge is -2.32. The predicted molar refractivity (Wildman–Crippen MR) is 112 cm³/mol. The zero-order valence-corrected chi connectivity index (χ0v) is 17.1. The number of para-hydroxylation sites is 1. The maximum atomic E-state index is 13.1. The molecule has 0 aliphatic carbocycles. The number of anilines is 1. The number of hydrogen-bond acceptors (Lipinski definition) is 2. The van der Waals surface area contributed by atoms with Crippen molar-refractivity contribution in [2.45, 2.75) is 38.4 Å². The first-order valence-electron chi connectivity index (χ1n) is 10.4. The molecule has 1 saturated heterocycles. The Hall–Kier alpha value is -3.03. The van der Waals surface area contributed by atoms with E-state index in [1.807, 2.05) is 30.3 Å². The van der Waals surface area contributed by atoms with Crippen LogP contribution in [0, 0.1) is 5.92 Å². The third-order valence-electron chi connectivity index (χ3n) is 5.41. The lowest BCUT2D eigenvalue weighted by molar-refractivity contribution is -0.138. The largest absolute Gasteiger partial charge is 0.416 e. The molecule has 0 saturated carbocycles. The number of alkyl halides is 3. The molecule has 31 heavy (non-hydrogen) atoms. The van der Waals surface area contributed by atoms with E-state index in [2.05, 4.69) is 10.6 Å². The molecule has 1 atom stereocenters. The zero-order valence-electron chi connectivity index (χ0n) is 17.1. The first-order chi connectivity index (χ1) is 14.8. The minimum atomic E-state index is -4.45. The number of carbonyl (C=O) groups excluding carboxylic acids is 2. The first-order valence-corrected chi connectivity index (χ1v) is 10.4. The van der Waals surface area contributed by atoms with Crippen molar-refractivity contribution in [2.75, 3.05) is 18.4 Å². The van der Waals surface area contributed by atoms with Crippen molar-refractivity contribution < 1.29 is 22.8 Å². The number of likely N-dealkylation sites (tertiary alicyclic amines) is 1. The molecule has 5 nitrogen and oxygen atoms in total. The zero-order chi connectivity index (χ0) is 22.3. The van der Waals surface area contributed by atoms with Crippen LogP contribution < -0.4 is 10.6 Å². The fourth-order valence-electron chi connectivity index (χ4n) is 3.78. The van der Waals surface area contributed by atoms with Crippen LogP contribution in [0.2, 0.25) is 0 Å². The number of rotatable bonds is 6. The number of benzene rings is 2. The van der Waals surface area contributed by atoms with Crippen LogP contribution >= 0.6 is 0 Å². The topological polar surface area (TPSA) is 61.4 Å². The van der Waals surface area contributed by atoms with Crippen molar-refractivity contribution in [1.29, 1.82) is 0 Å². The second kappa shape index (κ2) is 10.3. The van der Waals surface area contributed by atoms with Crippen LogP contribution in [0.5, 0.6) is 0 Å². The lowest BCUT2D eigenvalue weighted by Crippen LogP contribution is -2.42. The number of urea groups is 1. The van der Waals surface area contributed by atoms with E-state index in [9.17, 15) is 22.8 Å². The predicted octanol–water partition coefficient (Wildman–Crippen LogP) is 5.05. The average Bonchev–Trinajstić information content (AvgIpc) is 2.76. The first kappa shape index (κ1) is 22.7. The van der Waals surface area contributed by atoms with Crippen LogP contribution in [0.1, 0.15) is 36.8 Å². The SMILES string of the molecule is O=C(CC[C@H]1CCCN(C(=O)Nc2ccccc2)C1)NCc1ccccc1C(F)(F)F. The summed E-state index contributed by atoms with van der Waals surface area (Å²) in [6, 6.07) is 14.3. The fourth-order valence-corrected chi connectivity index (χ4v) is 3.78. The molecule has 166 valence electrons. The van der Waals surface area contributed by atoms with Crippen LogP contribution in [0.4, 0.5) is 23.7 Å². The summed E-state index contributed by atoms with van der Waals surface area (Å²) in [7, 11) is 0. The van der Waals surface area contributed by atoms with E-state index in [0.29, 0.717) is 19.5 Å². The Labute approximate surface area is 179 Å². The minimum absolute atomic E-state index is 0.0461. The Morgan fingerprint density at radius 2 is 1.74 bits per heavy atom. The molecule has 0 bridgehead atoms. The van der Waals surface area contributed by atoms with E-state index in [1.165, 1.54) is 18.2 Å². The summed E-state index contributed by atoms with van der Waals surface area (Å²) in [5.74, 6) is -0.105. The molecule has 2 N–H and O–H groups in total. The van der Waals surface area contributed by atoms with Gasteiger partial charge >= 0.3 is 12.2 Å². The molecule has 2 aromatic carbocycles. The summed E-state index contributed by atoms with van der Waals surface area (Å²) in [5.41, 5.74) is 0.0422. The summed E-state index contributed by atoms with van der Waals surface area (Å²) >= 11 is 0. The Morgan fingerprint density at radius 3 is 2.48 bits per heavy atom. The second-order valence-corrected chi connectivity index (χ2v) is 7.72. The lowest BCUT2D eigenvalue weighted by atomic mass is 9.93. The highest BCUT2D eigenvalue weighted by Gasteiger charge is 2.32. The van der Waals surface area contributed by atoms with Gasteiger partial charge in [-0.3, -0.25) is 4.79 Å². The van der Waals surface area contributed by atoms with Gasteiger partial charge in [0.15, 0.2) is 0 Å². The molecule has 3 amide bonds. The third kappa shape index (κ3) is 6.73. The smallest absolute Gasteiger partial charge is 0.352 e. The quantitative estimate of drug-likeness (QED) is 0.670. The number of nitrogens with one attached hydrogen (secondary N) is 2. The number of halogens is 3. The van der Waals surface area contributed by atoms with Crippen molar-refractivity contribution in [3.63, 3.8) is 0 Å². The van der Waals surface area contributed by atoms with Crippen molar-refractivity contribution in [1.82, 2.24) is 10.2 Å². The number of carbonyl (C=O) groups is 2. The van der Waals surface area contributed by atoms with Crippen molar-refractivity contribution in [3.05, 3.63) is 65.7 Å². The van der Waals surface area contributed by atoms with Crippen LogP contribution in [0.15, 0.2) is 54.6 Å². The standard InChI is InChI=1S/C23H26F3N3O2/c24-23(25,26)20-11-5-4-8-18(20)15-27-21(30)13-12-17-7-6-14-29(16-17)22(31)28-19-9-2-1-3-10-19/h1-5,8-11,17H,6-7,12-16H2,(H,27,30)(H,28,31)/t17-/m1/s1. The van der Waals surface area contributed by atoms with Gasteiger partial charge in [-0.05, 0) is 48.9 Å². The summed E-state index contributed by atoms with van der Waals surface area (Å²) in [4.78, 5) is 26.4. The Morgan fingerprint density at radius 1 is 1.03 bits per heavy atom. The molecule has 1 aliphatic heterocycles. The second-order valence-electron chi connectivity index (χ2n) is 7.72. The van der Waals surface area contributed by atoms with E-state index < -0.39 is 11.7 Å². The van der Waals surface area contributed by atoms with Crippen molar-refractivity contribution in [3.8, 4) is 0 Å². The molecule has 1 heterocycles. The number of piperidine rings is 1. The summed E-state index contributed by atoms with van der Waals surface area (Å²) in [6.07, 6.45) is -1.88. The summed E-state index contributed by atoms with van der Waals surface area (Å²) in [5, 5.41) is 5.45. The van der Waals surface area contributed by atoms with Crippen LogP contribution in [0.3, 0.4) is 0 Å². The molecule has 0 spiro atoms. The monoisotopic (exact) mass is 433 g/mol. The van der Waals surface area contributed by atoms with Gasteiger partial charge in [0.1, 0.15) is 0 Å². The summed E-state index contributed by atoms with van der Waals surface area (Å²) in [6.45, 7) is 1.06. The number of nitrogens with zero attached hydrogens (tertiary/aromatic N) is 1. The van der Waals surface area contributed by atoms with Crippen molar-refractivity contribution in [2.24, 2.45) is 5.92 Å². The van der Waals surface area contributed by atoms with Crippen molar-refractivity contribution >= 4 is 17.6 Å². The fraction of sp³-hybridized carbons (Fsp3) is 0.391. The number of amides is 3. The van der Waals surface area contributed by atoms with Gasteiger partial charge in [0.05, 0.1) is 5.56 Å². The molecule has 3 rings (SSSR count). The van der Waals surface area contributed by atoms with E-state index in [1.54, 1.807) is 4.90 Å². The van der Waals surface area contributed by atoms with E-state index in [0.717, 1.165) is 24.6 Å². The maximum Gasteiger partial charge on any atom is 0.416 e. The molecule has 8 heteroatoms. The molecule has 1 fully saturated rings. The van der Waals surface area contributed by atoms with Gasteiger partial charge in [0.2, 0.25) is 5.91 Å². The molecule has 0 aromatic heterocycles. The van der Waals surface area contributed by atoms with Gasteiger partial charge in [0.25, 0.3) is 0 Å². The van der Waals surface area contributed by atoms with E-state index in [-0.39, 0.29) is 36.4 Å². The molecule has 0 radical (unpaired) electrons. The Kier molecular flexibility index (Phi) is 7.55. The normalized spacial score (nSPS) is 16.6. The van der Waals surface area contributed by atoms with Crippen LogP contribution in [-0.2, 0) is 17.5 Å². The average molecular weight is 433 g/mol. The third-order valence-corrected chi connectivity index (χ3v) is 5.41. The highest BCUT2D eigenvalue weighted by atomic mass is 19.4. The van der Waals surface area contributed by atoms with E-state index >= 15 is 0 Å². The Bertz CT molecular complexity index is 887. The molecule has 1 aliphatic rings. The van der Waals surface area contributed by atoms with E-state index in [4.69, 9.17) is 0 Å². The van der Waals surface area contributed by atoms with Gasteiger partial charge in [-0.15, -0.1) is 0 Å². The van der Waals surface area contributed by atoms with Gasteiger partial charge in [0, 0.05) is 31.7 Å². The summed E-state index contributed by atoms with van der Waals surface area (Å²) < 4.78 is 39.2.